The molecule has 2 heterocycles. The highest BCUT2D eigenvalue weighted by molar-refractivity contribution is 6.01. The number of urea groups is 1. The molecule has 1 fully saturated rings. The normalized spacial score (nSPS) is 14.4. The quantitative estimate of drug-likeness (QED) is 0.376. The summed E-state index contributed by atoms with van der Waals surface area (Å²) in [5, 5.41) is 5.72. The zero-order valence-electron chi connectivity index (χ0n) is 16.1. The van der Waals surface area contributed by atoms with Crippen molar-refractivity contribution in [1.29, 1.82) is 0 Å². The predicted octanol–water partition coefficient (Wildman–Crippen LogP) is 1.03. The number of hydrogen-bond donors (Lipinski definition) is 3. The summed E-state index contributed by atoms with van der Waals surface area (Å²) in [5.41, 5.74) is 2.04. The maximum atomic E-state index is 11.6. The van der Waals surface area contributed by atoms with Gasteiger partial charge in [0.05, 0.1) is 38.1 Å². The highest BCUT2D eigenvalue weighted by Gasteiger charge is 2.27. The highest BCUT2D eigenvalue weighted by Crippen LogP contribution is 2.16. The molecule has 9 heteroatoms. The van der Waals surface area contributed by atoms with Gasteiger partial charge in [0.25, 0.3) is 0 Å². The largest absolute Gasteiger partial charge is 0.357 e. The molecule has 3 amide bonds. The van der Waals surface area contributed by atoms with Crippen LogP contribution in [0, 0.1) is 0 Å². The van der Waals surface area contributed by atoms with E-state index in [1.165, 1.54) is 4.90 Å². The summed E-state index contributed by atoms with van der Waals surface area (Å²) >= 11 is 0. The lowest BCUT2D eigenvalue weighted by Crippen LogP contribution is -2.40. The number of imidazole rings is 1. The van der Waals surface area contributed by atoms with Gasteiger partial charge in [-0.15, -0.1) is 0 Å². The second kappa shape index (κ2) is 9.03. The Hall–Kier alpha value is -3.36. The molecule has 0 radical (unpaired) electrons. The van der Waals surface area contributed by atoms with E-state index in [1.54, 1.807) is 0 Å². The van der Waals surface area contributed by atoms with E-state index >= 15 is 0 Å². The van der Waals surface area contributed by atoms with E-state index in [9.17, 15) is 9.59 Å². The number of nitrogens with one attached hydrogen (secondary N) is 3. The number of carbonyl (C=O) groups excluding carboxylic acids is 2. The van der Waals surface area contributed by atoms with E-state index < -0.39 is 0 Å². The van der Waals surface area contributed by atoms with Crippen LogP contribution < -0.4 is 10.6 Å². The summed E-state index contributed by atoms with van der Waals surface area (Å²) in [6.07, 6.45) is 1.82. The summed E-state index contributed by atoms with van der Waals surface area (Å²) in [6.45, 7) is 3.89. The van der Waals surface area contributed by atoms with Crippen molar-refractivity contribution in [2.45, 2.75) is 13.5 Å². The molecule has 1 aromatic heterocycles. The third-order valence-electron chi connectivity index (χ3n) is 4.32. The monoisotopic (exact) mass is 383 g/mol. The van der Waals surface area contributed by atoms with E-state index in [0.717, 1.165) is 17.1 Å². The molecule has 1 aliphatic rings. The first-order valence-electron chi connectivity index (χ1n) is 9.25. The van der Waals surface area contributed by atoms with Crippen molar-refractivity contribution in [3.05, 3.63) is 42.4 Å². The molecule has 0 unspecified atom stereocenters. The molecular weight excluding hydrogens is 358 g/mol. The lowest BCUT2D eigenvalue weighted by molar-refractivity contribution is -0.124. The third kappa shape index (κ3) is 4.67. The summed E-state index contributed by atoms with van der Waals surface area (Å²) in [5.74, 6) is 1.29. The Kier molecular flexibility index (Phi) is 6.25. The number of rotatable bonds is 7. The highest BCUT2D eigenvalue weighted by atomic mass is 16.2. The maximum absolute atomic E-state index is 11.6. The molecule has 3 rings (SSSR count). The molecule has 0 bridgehead atoms. The van der Waals surface area contributed by atoms with Crippen LogP contribution in [0.5, 0.6) is 0 Å². The van der Waals surface area contributed by atoms with Crippen LogP contribution in [0.15, 0.2) is 41.5 Å². The summed E-state index contributed by atoms with van der Waals surface area (Å²) in [7, 11) is 1.92. The Labute approximate surface area is 163 Å². The zero-order valence-corrected chi connectivity index (χ0v) is 16.1. The number of aromatic nitrogens is 2. The molecule has 0 atom stereocenters. The number of carbonyl (C=O) groups is 2. The molecule has 0 aliphatic carbocycles. The number of amides is 3. The minimum absolute atomic E-state index is 0.0603. The molecule has 1 aliphatic heterocycles. The molecule has 2 aromatic rings. The second-order valence-corrected chi connectivity index (χ2v) is 6.41. The molecule has 28 heavy (non-hydrogen) atoms. The van der Waals surface area contributed by atoms with Crippen LogP contribution >= 0.6 is 0 Å². The lowest BCUT2D eigenvalue weighted by atomic mass is 10.2. The first-order chi connectivity index (χ1) is 13.6. The Bertz CT molecular complexity index is 831. The van der Waals surface area contributed by atoms with Crippen molar-refractivity contribution in [2.24, 2.45) is 4.99 Å². The molecule has 0 spiro atoms. The number of nitrogens with zero attached hydrogens (tertiary/aromatic N) is 4. The van der Waals surface area contributed by atoms with Crippen molar-refractivity contribution in [3.8, 4) is 11.3 Å². The number of imide groups is 1. The van der Waals surface area contributed by atoms with Gasteiger partial charge in [-0.05, 0) is 12.5 Å². The summed E-state index contributed by atoms with van der Waals surface area (Å²) in [6, 6.07) is 9.66. The van der Waals surface area contributed by atoms with Crippen LogP contribution in [0.2, 0.25) is 0 Å². The van der Waals surface area contributed by atoms with Crippen molar-refractivity contribution in [3.63, 3.8) is 0 Å². The summed E-state index contributed by atoms with van der Waals surface area (Å²) < 4.78 is 0. The average molecular weight is 383 g/mol. The number of H-pyrrole nitrogens is 1. The van der Waals surface area contributed by atoms with E-state index in [1.807, 2.05) is 55.4 Å². The number of aromatic amines is 1. The zero-order chi connectivity index (χ0) is 19.9. The van der Waals surface area contributed by atoms with Crippen LogP contribution in [0.3, 0.4) is 0 Å². The average Bonchev–Trinajstić information content (AvgIpc) is 3.29. The number of hydrogen-bond acceptors (Lipinski definition) is 4. The van der Waals surface area contributed by atoms with Crippen molar-refractivity contribution < 1.29 is 9.59 Å². The van der Waals surface area contributed by atoms with Crippen molar-refractivity contribution >= 4 is 17.9 Å². The van der Waals surface area contributed by atoms with Gasteiger partial charge in [0, 0.05) is 13.6 Å². The van der Waals surface area contributed by atoms with Crippen LogP contribution in [-0.2, 0) is 11.3 Å². The van der Waals surface area contributed by atoms with E-state index in [2.05, 4.69) is 25.6 Å². The Morgan fingerprint density at radius 3 is 2.79 bits per heavy atom. The molecule has 0 saturated carbocycles. The molecule has 148 valence electrons. The first-order valence-corrected chi connectivity index (χ1v) is 9.25. The fourth-order valence-corrected chi connectivity index (χ4v) is 2.91. The van der Waals surface area contributed by atoms with Gasteiger partial charge < -0.3 is 20.5 Å². The Morgan fingerprint density at radius 1 is 1.32 bits per heavy atom. The van der Waals surface area contributed by atoms with Gasteiger partial charge in [-0.1, -0.05) is 30.3 Å². The Morgan fingerprint density at radius 2 is 2.11 bits per heavy atom. The van der Waals surface area contributed by atoms with E-state index in [-0.39, 0.29) is 25.0 Å². The van der Waals surface area contributed by atoms with Gasteiger partial charge in [-0.25, -0.2) is 9.78 Å². The minimum atomic E-state index is -0.359. The SMILES string of the molecule is CCNC(=NCCN1C(=O)CNC1=O)N(C)Cc1ncc(-c2ccccc2)[nH]1. The van der Waals surface area contributed by atoms with Gasteiger partial charge in [0.1, 0.15) is 5.82 Å². The minimum Gasteiger partial charge on any atom is -0.357 e. The van der Waals surface area contributed by atoms with Gasteiger partial charge in [0.15, 0.2) is 5.96 Å². The van der Waals surface area contributed by atoms with Gasteiger partial charge >= 0.3 is 6.03 Å². The Balaban J connectivity index is 1.61. The number of guanidine groups is 1. The van der Waals surface area contributed by atoms with Crippen molar-refractivity contribution in [1.82, 2.24) is 30.4 Å². The first kappa shape index (κ1) is 19.4. The molecular formula is C19H25N7O2. The lowest BCUT2D eigenvalue weighted by Gasteiger charge is -2.21. The van der Waals surface area contributed by atoms with Crippen LogP contribution in [-0.4, -0.2) is 70.9 Å². The predicted molar refractivity (Wildman–Crippen MR) is 107 cm³/mol. The summed E-state index contributed by atoms with van der Waals surface area (Å²) in [4.78, 5) is 38.7. The second-order valence-electron chi connectivity index (χ2n) is 6.41. The molecule has 1 aromatic carbocycles. The number of benzene rings is 1. The topological polar surface area (TPSA) is 106 Å². The van der Waals surface area contributed by atoms with Crippen LogP contribution in [0.25, 0.3) is 11.3 Å². The van der Waals surface area contributed by atoms with Crippen LogP contribution in [0.4, 0.5) is 4.79 Å². The number of aliphatic imine (C=N–C) groups is 1. The van der Waals surface area contributed by atoms with Crippen LogP contribution in [0.1, 0.15) is 12.7 Å². The maximum Gasteiger partial charge on any atom is 0.324 e. The van der Waals surface area contributed by atoms with Gasteiger partial charge in [0.2, 0.25) is 5.91 Å². The molecule has 1 saturated heterocycles. The van der Waals surface area contributed by atoms with E-state index in [4.69, 9.17) is 0 Å². The van der Waals surface area contributed by atoms with Gasteiger partial charge in [-0.2, -0.15) is 0 Å². The van der Waals surface area contributed by atoms with Gasteiger partial charge in [-0.3, -0.25) is 14.7 Å². The third-order valence-corrected chi connectivity index (χ3v) is 4.32. The fourth-order valence-electron chi connectivity index (χ4n) is 2.91. The van der Waals surface area contributed by atoms with Crippen molar-refractivity contribution in [2.75, 3.05) is 33.2 Å². The molecule has 9 nitrogen and oxygen atoms in total. The fraction of sp³-hybridized carbons (Fsp3) is 0.368. The smallest absolute Gasteiger partial charge is 0.324 e. The molecule has 3 N–H and O–H groups in total. The van der Waals surface area contributed by atoms with E-state index in [0.29, 0.717) is 25.6 Å². The standard InChI is InChI=1S/C19H25N7O2/c1-3-20-18(21-9-10-26-17(27)12-23-19(26)28)25(2)13-16-22-11-15(24-16)14-7-5-4-6-8-14/h4-8,11H,3,9-10,12-13H2,1-2H3,(H,20,21)(H,22,24)(H,23,28).